The van der Waals surface area contributed by atoms with Gasteiger partial charge >= 0.3 is 10.2 Å². The van der Waals surface area contributed by atoms with E-state index in [1.54, 1.807) is 13.8 Å². The van der Waals surface area contributed by atoms with Gasteiger partial charge in [-0.2, -0.15) is 4.31 Å². The van der Waals surface area contributed by atoms with Gasteiger partial charge in [0.1, 0.15) is 0 Å². The van der Waals surface area contributed by atoms with Crippen LogP contribution in [-0.2, 0) is 10.2 Å². The molecule has 0 aliphatic carbocycles. The van der Waals surface area contributed by atoms with Gasteiger partial charge in [-0.25, -0.2) is 8.42 Å². The monoisotopic (exact) mass is 234 g/mol. The van der Waals surface area contributed by atoms with Crippen LogP contribution in [0.3, 0.4) is 0 Å². The maximum Gasteiger partial charge on any atom is 0.302 e. The first kappa shape index (κ1) is 14.2. The SMILES string of the molecule is CC(C)CCN(C(C)C)S(=O)(=O)N=[N+]=[N-]. The van der Waals surface area contributed by atoms with Crippen LogP contribution in [0.5, 0.6) is 0 Å². The zero-order valence-electron chi connectivity index (χ0n) is 9.58. The van der Waals surface area contributed by atoms with Gasteiger partial charge in [-0.15, -0.1) is 0 Å². The molecule has 0 unspecified atom stereocenters. The molecule has 0 atom stereocenters. The number of azide groups is 1. The van der Waals surface area contributed by atoms with Crippen molar-refractivity contribution in [1.82, 2.24) is 4.31 Å². The Hall–Kier alpha value is -0.780. The minimum absolute atomic E-state index is 0.195. The van der Waals surface area contributed by atoms with E-state index in [0.717, 1.165) is 6.42 Å². The molecule has 0 heterocycles. The van der Waals surface area contributed by atoms with Crippen molar-refractivity contribution in [2.24, 2.45) is 10.4 Å². The Balaban J connectivity index is 4.75. The topological polar surface area (TPSA) is 86.1 Å². The highest BCUT2D eigenvalue weighted by molar-refractivity contribution is 7.87. The van der Waals surface area contributed by atoms with Crippen LogP contribution < -0.4 is 0 Å². The Morgan fingerprint density at radius 3 is 2.20 bits per heavy atom. The molecule has 0 saturated carbocycles. The minimum atomic E-state index is -3.83. The van der Waals surface area contributed by atoms with Crippen LogP contribution in [0, 0.1) is 5.92 Å². The van der Waals surface area contributed by atoms with Crippen molar-refractivity contribution in [1.29, 1.82) is 0 Å². The van der Waals surface area contributed by atoms with Gasteiger partial charge in [0, 0.05) is 22.0 Å². The standard InChI is InChI=1S/C8H18N4O2S/c1-7(2)5-6-12(8(3)4)15(13,14)11-10-9/h7-8H,5-6H2,1-4H3. The third-order valence-corrected chi connectivity index (χ3v) is 3.42. The second-order valence-corrected chi connectivity index (χ2v) is 5.56. The summed E-state index contributed by atoms with van der Waals surface area (Å²) in [4.78, 5) is 2.33. The van der Waals surface area contributed by atoms with Crippen molar-refractivity contribution in [3.63, 3.8) is 0 Å². The first-order valence-electron chi connectivity index (χ1n) is 4.89. The van der Waals surface area contributed by atoms with Gasteiger partial charge in [-0.1, -0.05) is 13.8 Å². The average molecular weight is 234 g/mol. The van der Waals surface area contributed by atoms with Crippen molar-refractivity contribution in [3.8, 4) is 0 Å². The summed E-state index contributed by atoms with van der Waals surface area (Å²) in [5.74, 6) is 0.410. The first-order chi connectivity index (χ1) is 6.81. The minimum Gasteiger partial charge on any atom is -0.204 e. The van der Waals surface area contributed by atoms with E-state index in [1.165, 1.54) is 4.31 Å². The lowest BCUT2D eigenvalue weighted by molar-refractivity contribution is 0.332. The summed E-state index contributed by atoms with van der Waals surface area (Å²) in [6, 6.07) is -0.195. The fraction of sp³-hybridized carbons (Fsp3) is 1.00. The number of rotatable bonds is 6. The Kier molecular flexibility index (Phi) is 5.64. The third-order valence-electron chi connectivity index (χ3n) is 1.94. The molecule has 0 bridgehead atoms. The van der Waals surface area contributed by atoms with Crippen molar-refractivity contribution in [3.05, 3.63) is 10.4 Å². The molecule has 0 aliphatic rings. The van der Waals surface area contributed by atoms with Gasteiger partial charge < -0.3 is 0 Å². The van der Waals surface area contributed by atoms with E-state index in [4.69, 9.17) is 5.53 Å². The average Bonchev–Trinajstić information content (AvgIpc) is 2.01. The molecule has 0 aromatic carbocycles. The van der Waals surface area contributed by atoms with Crippen LogP contribution in [0.15, 0.2) is 4.52 Å². The highest BCUT2D eigenvalue weighted by atomic mass is 32.2. The quantitative estimate of drug-likeness (QED) is 0.401. The van der Waals surface area contributed by atoms with Crippen molar-refractivity contribution >= 4 is 10.2 Å². The molecule has 0 spiro atoms. The molecule has 0 radical (unpaired) electrons. The van der Waals surface area contributed by atoms with E-state index in [1.807, 2.05) is 13.8 Å². The summed E-state index contributed by atoms with van der Waals surface area (Å²) in [6.45, 7) is 7.92. The lowest BCUT2D eigenvalue weighted by Crippen LogP contribution is -2.36. The zero-order valence-corrected chi connectivity index (χ0v) is 10.4. The van der Waals surface area contributed by atoms with E-state index < -0.39 is 10.2 Å². The molecule has 0 aliphatic heterocycles. The van der Waals surface area contributed by atoms with E-state index in [0.29, 0.717) is 12.5 Å². The predicted molar refractivity (Wildman–Crippen MR) is 59.4 cm³/mol. The molecule has 88 valence electrons. The van der Waals surface area contributed by atoms with Gasteiger partial charge in [-0.3, -0.25) is 0 Å². The largest absolute Gasteiger partial charge is 0.302 e. The number of hydrogen-bond donors (Lipinski definition) is 0. The van der Waals surface area contributed by atoms with Crippen molar-refractivity contribution in [2.75, 3.05) is 6.54 Å². The number of hydrogen-bond acceptors (Lipinski definition) is 2. The molecule has 0 aromatic heterocycles. The summed E-state index contributed by atoms with van der Waals surface area (Å²) in [6.07, 6.45) is 0.748. The van der Waals surface area contributed by atoms with Crippen molar-refractivity contribution in [2.45, 2.75) is 40.2 Å². The van der Waals surface area contributed by atoms with E-state index >= 15 is 0 Å². The molecule has 7 heteroatoms. The Morgan fingerprint density at radius 1 is 1.33 bits per heavy atom. The highest BCUT2D eigenvalue weighted by Crippen LogP contribution is 2.12. The fourth-order valence-electron chi connectivity index (χ4n) is 1.12. The second kappa shape index (κ2) is 5.95. The van der Waals surface area contributed by atoms with E-state index in [2.05, 4.69) is 9.43 Å². The summed E-state index contributed by atoms with van der Waals surface area (Å²) >= 11 is 0. The summed E-state index contributed by atoms with van der Waals surface area (Å²) in [5, 5.41) is 0. The highest BCUT2D eigenvalue weighted by Gasteiger charge is 2.23. The zero-order chi connectivity index (χ0) is 12.1. The molecule has 0 rings (SSSR count). The predicted octanol–water partition coefficient (Wildman–Crippen LogP) is 2.30. The van der Waals surface area contributed by atoms with Crippen molar-refractivity contribution < 1.29 is 8.42 Å². The Morgan fingerprint density at radius 2 is 1.87 bits per heavy atom. The maximum atomic E-state index is 11.5. The molecule has 0 aromatic rings. The fourth-order valence-corrected chi connectivity index (χ4v) is 2.17. The first-order valence-corrected chi connectivity index (χ1v) is 6.29. The van der Waals surface area contributed by atoms with Gasteiger partial charge in [0.25, 0.3) is 0 Å². The summed E-state index contributed by atoms with van der Waals surface area (Å²) in [7, 11) is -3.83. The van der Waals surface area contributed by atoms with Crippen LogP contribution in [0.4, 0.5) is 0 Å². The number of nitrogens with zero attached hydrogens (tertiary/aromatic N) is 4. The van der Waals surface area contributed by atoms with Crippen LogP contribution in [0.1, 0.15) is 34.1 Å². The second-order valence-electron chi connectivity index (χ2n) is 4.04. The molecular formula is C8H18N4O2S. The van der Waals surface area contributed by atoms with E-state index in [9.17, 15) is 8.42 Å². The Labute approximate surface area is 91.1 Å². The van der Waals surface area contributed by atoms with Gasteiger partial charge in [-0.05, 0) is 31.7 Å². The van der Waals surface area contributed by atoms with Crippen LogP contribution in [0.25, 0.3) is 10.4 Å². The summed E-state index contributed by atoms with van der Waals surface area (Å²) < 4.78 is 27.0. The molecule has 0 N–H and O–H groups in total. The molecule has 15 heavy (non-hydrogen) atoms. The Bertz CT molecular complexity index is 331. The van der Waals surface area contributed by atoms with Crippen LogP contribution in [-0.4, -0.2) is 25.3 Å². The normalized spacial score (nSPS) is 12.2. The molecule has 6 nitrogen and oxygen atoms in total. The van der Waals surface area contributed by atoms with Gasteiger partial charge in [0.15, 0.2) is 0 Å². The summed E-state index contributed by atoms with van der Waals surface area (Å²) in [5.41, 5.74) is 8.16. The molecule has 0 saturated heterocycles. The van der Waals surface area contributed by atoms with Gasteiger partial charge in [0.2, 0.25) is 0 Å². The van der Waals surface area contributed by atoms with Crippen LogP contribution in [0.2, 0.25) is 0 Å². The van der Waals surface area contributed by atoms with Crippen LogP contribution >= 0.6 is 0 Å². The lowest BCUT2D eigenvalue weighted by Gasteiger charge is -2.23. The maximum absolute atomic E-state index is 11.5. The lowest BCUT2D eigenvalue weighted by atomic mass is 10.1. The van der Waals surface area contributed by atoms with E-state index in [-0.39, 0.29) is 6.04 Å². The molecule has 0 fully saturated rings. The molecule has 0 amide bonds. The van der Waals surface area contributed by atoms with Gasteiger partial charge in [0.05, 0.1) is 0 Å². The third kappa shape index (κ3) is 5.01. The molecular weight excluding hydrogens is 216 g/mol. The smallest absolute Gasteiger partial charge is 0.204 e.